The molecule has 1 fully saturated rings. The van der Waals surface area contributed by atoms with Crippen LogP contribution in [0.3, 0.4) is 0 Å². The number of hydrogen-bond donors (Lipinski definition) is 0. The largest absolute Gasteiger partial charge is 0.378 e. The third-order valence-corrected chi connectivity index (χ3v) is 3.08. The summed E-state index contributed by atoms with van der Waals surface area (Å²) in [7, 11) is 0. The van der Waals surface area contributed by atoms with Gasteiger partial charge in [-0.15, -0.1) is 6.58 Å². The van der Waals surface area contributed by atoms with Gasteiger partial charge in [-0.3, -0.25) is 0 Å². The van der Waals surface area contributed by atoms with Crippen molar-refractivity contribution in [1.29, 1.82) is 0 Å². The molecule has 1 aliphatic heterocycles. The van der Waals surface area contributed by atoms with E-state index in [0.717, 1.165) is 32.5 Å². The molecule has 1 saturated heterocycles. The topological polar surface area (TPSA) is 18.5 Å². The summed E-state index contributed by atoms with van der Waals surface area (Å²) in [5.41, 5.74) is 1.25. The summed E-state index contributed by atoms with van der Waals surface area (Å²) in [4.78, 5) is 0. The van der Waals surface area contributed by atoms with Crippen LogP contribution in [0.4, 0.5) is 0 Å². The van der Waals surface area contributed by atoms with Crippen molar-refractivity contribution in [3.63, 3.8) is 0 Å². The van der Waals surface area contributed by atoms with E-state index in [2.05, 4.69) is 30.8 Å². The van der Waals surface area contributed by atoms with E-state index in [-0.39, 0.29) is 6.10 Å². The van der Waals surface area contributed by atoms with Crippen LogP contribution >= 0.6 is 0 Å². The highest BCUT2D eigenvalue weighted by atomic mass is 16.5. The summed E-state index contributed by atoms with van der Waals surface area (Å²) < 4.78 is 11.6. The first-order valence-electron chi connectivity index (χ1n) is 6.29. The Balaban J connectivity index is 1.86. The molecule has 0 amide bonds. The maximum absolute atomic E-state index is 5.82. The van der Waals surface area contributed by atoms with E-state index in [1.807, 2.05) is 12.1 Å². The van der Waals surface area contributed by atoms with Crippen molar-refractivity contribution in [3.05, 3.63) is 48.6 Å². The summed E-state index contributed by atoms with van der Waals surface area (Å²) in [5, 5.41) is 0. The summed E-state index contributed by atoms with van der Waals surface area (Å²) in [6, 6.07) is 10.4. The van der Waals surface area contributed by atoms with Gasteiger partial charge in [0.1, 0.15) is 0 Å². The van der Waals surface area contributed by atoms with E-state index in [9.17, 15) is 0 Å². The van der Waals surface area contributed by atoms with Gasteiger partial charge in [0.15, 0.2) is 0 Å². The fourth-order valence-electron chi connectivity index (χ4n) is 2.14. The monoisotopic (exact) mass is 232 g/mol. The van der Waals surface area contributed by atoms with Gasteiger partial charge in [-0.2, -0.15) is 0 Å². The van der Waals surface area contributed by atoms with Crippen molar-refractivity contribution in [2.75, 3.05) is 13.2 Å². The van der Waals surface area contributed by atoms with Crippen LogP contribution in [0.2, 0.25) is 0 Å². The molecular formula is C15H20O2. The molecule has 0 bridgehead atoms. The van der Waals surface area contributed by atoms with Crippen LogP contribution in [0.5, 0.6) is 0 Å². The summed E-state index contributed by atoms with van der Waals surface area (Å²) in [6.45, 7) is 5.26. The van der Waals surface area contributed by atoms with Crippen molar-refractivity contribution in [3.8, 4) is 0 Å². The molecule has 2 nitrogen and oxygen atoms in total. The molecule has 0 unspecified atom stereocenters. The minimum Gasteiger partial charge on any atom is -0.378 e. The molecule has 1 aromatic carbocycles. The van der Waals surface area contributed by atoms with Crippen molar-refractivity contribution in [1.82, 2.24) is 0 Å². The molecule has 2 atom stereocenters. The molecule has 0 saturated carbocycles. The van der Waals surface area contributed by atoms with Crippen LogP contribution in [-0.2, 0) is 9.47 Å². The van der Waals surface area contributed by atoms with Gasteiger partial charge in [0, 0.05) is 13.0 Å². The van der Waals surface area contributed by atoms with Gasteiger partial charge in [0.25, 0.3) is 0 Å². The van der Waals surface area contributed by atoms with Crippen LogP contribution in [0.25, 0.3) is 0 Å². The Morgan fingerprint density at radius 2 is 2.18 bits per heavy atom. The Morgan fingerprint density at radius 3 is 2.94 bits per heavy atom. The van der Waals surface area contributed by atoms with Gasteiger partial charge < -0.3 is 9.47 Å². The van der Waals surface area contributed by atoms with E-state index in [1.165, 1.54) is 5.56 Å². The minimum absolute atomic E-state index is 0.193. The maximum atomic E-state index is 5.82. The lowest BCUT2D eigenvalue weighted by Crippen LogP contribution is -2.26. The molecule has 0 N–H and O–H groups in total. The molecular weight excluding hydrogens is 212 g/mol. The zero-order valence-corrected chi connectivity index (χ0v) is 10.2. The third kappa shape index (κ3) is 3.69. The van der Waals surface area contributed by atoms with Crippen LogP contribution < -0.4 is 0 Å². The standard InChI is InChI=1S/C15H20O2/c1-2-3-10-16-14-9-11-17-15(12-14)13-7-5-4-6-8-13/h2,4-8,14-15H,1,3,9-12H2/t14-,15+/m0/s1. The first kappa shape index (κ1) is 12.3. The zero-order chi connectivity index (χ0) is 11.9. The van der Waals surface area contributed by atoms with Crippen molar-refractivity contribution < 1.29 is 9.47 Å². The molecule has 92 valence electrons. The predicted molar refractivity (Wildman–Crippen MR) is 68.9 cm³/mol. The minimum atomic E-state index is 0.193. The summed E-state index contributed by atoms with van der Waals surface area (Å²) in [6.07, 6.45) is 5.30. The van der Waals surface area contributed by atoms with Crippen LogP contribution in [-0.4, -0.2) is 19.3 Å². The molecule has 2 heteroatoms. The van der Waals surface area contributed by atoms with Crippen LogP contribution in [0, 0.1) is 0 Å². The second-order valence-electron chi connectivity index (χ2n) is 4.36. The Bertz CT molecular complexity index is 334. The quantitative estimate of drug-likeness (QED) is 0.571. The lowest BCUT2D eigenvalue weighted by atomic mass is 9.99. The number of rotatable bonds is 5. The van der Waals surface area contributed by atoms with Gasteiger partial charge >= 0.3 is 0 Å². The first-order chi connectivity index (χ1) is 8.40. The highest BCUT2D eigenvalue weighted by molar-refractivity contribution is 5.18. The van der Waals surface area contributed by atoms with Gasteiger partial charge in [-0.05, 0) is 18.4 Å². The zero-order valence-electron chi connectivity index (χ0n) is 10.2. The number of benzene rings is 1. The molecule has 1 heterocycles. The molecule has 0 aromatic heterocycles. The van der Waals surface area contributed by atoms with E-state index >= 15 is 0 Å². The summed E-state index contributed by atoms with van der Waals surface area (Å²) >= 11 is 0. The molecule has 1 aliphatic rings. The van der Waals surface area contributed by atoms with E-state index < -0.39 is 0 Å². The first-order valence-corrected chi connectivity index (χ1v) is 6.29. The van der Waals surface area contributed by atoms with Gasteiger partial charge in [0.2, 0.25) is 0 Å². The Kier molecular flexibility index (Phi) is 4.77. The molecule has 0 radical (unpaired) electrons. The molecule has 17 heavy (non-hydrogen) atoms. The van der Waals surface area contributed by atoms with Crippen LogP contribution in [0.15, 0.2) is 43.0 Å². The molecule has 2 rings (SSSR count). The highest BCUT2D eigenvalue weighted by Gasteiger charge is 2.23. The van der Waals surface area contributed by atoms with E-state index in [4.69, 9.17) is 9.47 Å². The highest BCUT2D eigenvalue weighted by Crippen LogP contribution is 2.29. The fraction of sp³-hybridized carbons (Fsp3) is 0.467. The Labute approximate surface area is 103 Å². The van der Waals surface area contributed by atoms with Gasteiger partial charge in [-0.1, -0.05) is 36.4 Å². The van der Waals surface area contributed by atoms with Gasteiger partial charge in [-0.25, -0.2) is 0 Å². The third-order valence-electron chi connectivity index (χ3n) is 3.08. The van der Waals surface area contributed by atoms with E-state index in [1.54, 1.807) is 0 Å². The normalized spacial score (nSPS) is 24.5. The van der Waals surface area contributed by atoms with Gasteiger partial charge in [0.05, 0.1) is 18.8 Å². The van der Waals surface area contributed by atoms with Crippen molar-refractivity contribution in [2.45, 2.75) is 31.5 Å². The second kappa shape index (κ2) is 6.58. The number of ether oxygens (including phenoxy) is 2. The van der Waals surface area contributed by atoms with Crippen molar-refractivity contribution >= 4 is 0 Å². The average molecular weight is 232 g/mol. The maximum Gasteiger partial charge on any atom is 0.0849 e. The van der Waals surface area contributed by atoms with Crippen LogP contribution in [0.1, 0.15) is 30.9 Å². The SMILES string of the molecule is C=CCCO[C@H]1CCO[C@@H](c2ccccc2)C1. The smallest absolute Gasteiger partial charge is 0.0849 e. The fourth-order valence-corrected chi connectivity index (χ4v) is 2.14. The predicted octanol–water partition coefficient (Wildman–Crippen LogP) is 3.50. The Morgan fingerprint density at radius 1 is 1.35 bits per heavy atom. The second-order valence-corrected chi connectivity index (χ2v) is 4.36. The molecule has 0 spiro atoms. The summed E-state index contributed by atoms with van der Waals surface area (Å²) in [5.74, 6) is 0. The van der Waals surface area contributed by atoms with Crippen molar-refractivity contribution in [2.24, 2.45) is 0 Å². The lowest BCUT2D eigenvalue weighted by Gasteiger charge is -2.29. The average Bonchev–Trinajstić information content (AvgIpc) is 2.41. The Hall–Kier alpha value is -1.12. The lowest BCUT2D eigenvalue weighted by molar-refractivity contribution is -0.0730. The number of hydrogen-bond acceptors (Lipinski definition) is 2. The van der Waals surface area contributed by atoms with E-state index in [0.29, 0.717) is 6.10 Å². The molecule has 0 aliphatic carbocycles. The molecule has 1 aromatic rings.